The second kappa shape index (κ2) is 18.2. The van der Waals surface area contributed by atoms with Gasteiger partial charge in [0, 0.05) is 25.4 Å². The van der Waals surface area contributed by atoms with E-state index in [1.165, 1.54) is 38.1 Å². The molecule has 3 aliphatic rings. The SMILES string of the molecule is CC(O)[C@@H]1NC(=O)[C@H]([C@H](O)[C@@H](O)c2ccc(O)cc2)NC(=O)[C@@H]2C[C@@H](C)CN2C(=O)[C@H](C(C)O)NC(=O)C(N)C[C@@H](O)[C@@H](O)NC(=O)[C@@H]2[C@@H](O)[C@@H](C)CN2C1=O. The zero-order chi connectivity index (χ0) is 41.9. The monoisotopic (exact) mass is 795 g/mol. The number of aliphatic hydroxyl groups is 7. The average molecular weight is 796 g/mol. The number of phenolic OH excluding ortho intramolecular Hbond substituents is 1. The Morgan fingerprint density at radius 1 is 0.696 bits per heavy atom. The Labute approximate surface area is 321 Å². The largest absolute Gasteiger partial charge is 0.508 e. The van der Waals surface area contributed by atoms with Gasteiger partial charge in [-0.2, -0.15) is 0 Å². The summed E-state index contributed by atoms with van der Waals surface area (Å²) >= 11 is 0. The number of hydrogen-bond donors (Lipinski definition) is 13. The predicted molar refractivity (Wildman–Crippen MR) is 191 cm³/mol. The number of hydrogen-bond acceptors (Lipinski definition) is 15. The first-order chi connectivity index (χ1) is 26.1. The molecule has 0 spiro atoms. The Balaban J connectivity index is 1.80. The van der Waals surface area contributed by atoms with E-state index in [4.69, 9.17) is 5.73 Å². The van der Waals surface area contributed by atoms with E-state index in [0.29, 0.717) is 0 Å². The van der Waals surface area contributed by atoms with Crippen LogP contribution in [0.25, 0.3) is 0 Å². The molecule has 0 bridgehead atoms. The summed E-state index contributed by atoms with van der Waals surface area (Å²) in [5.41, 5.74) is 5.96. The third-order valence-corrected chi connectivity index (χ3v) is 10.4. The Kier molecular flexibility index (Phi) is 14.4. The van der Waals surface area contributed by atoms with Gasteiger partial charge < -0.3 is 77.7 Å². The summed E-state index contributed by atoms with van der Waals surface area (Å²) in [6, 6.07) is -5.60. The molecule has 312 valence electrons. The molecule has 3 saturated heterocycles. The van der Waals surface area contributed by atoms with E-state index in [1.54, 1.807) is 6.92 Å². The minimum atomic E-state index is -2.18. The minimum absolute atomic E-state index is 0.000727. The van der Waals surface area contributed by atoms with Crippen molar-refractivity contribution in [2.24, 2.45) is 17.6 Å². The number of phenols is 1. The minimum Gasteiger partial charge on any atom is -0.508 e. The summed E-state index contributed by atoms with van der Waals surface area (Å²) < 4.78 is 0. The van der Waals surface area contributed by atoms with Crippen LogP contribution in [0.2, 0.25) is 0 Å². The summed E-state index contributed by atoms with van der Waals surface area (Å²) in [5, 5.41) is 94.9. The molecule has 3 heterocycles. The number of aromatic hydroxyl groups is 1. The van der Waals surface area contributed by atoms with Gasteiger partial charge in [-0.1, -0.05) is 26.0 Å². The van der Waals surface area contributed by atoms with Crippen LogP contribution in [0.4, 0.5) is 0 Å². The van der Waals surface area contributed by atoms with Crippen LogP contribution in [0, 0.1) is 11.8 Å². The lowest BCUT2D eigenvalue weighted by atomic mass is 9.96. The molecule has 15 atom stereocenters. The maximum Gasteiger partial charge on any atom is 0.248 e. The lowest BCUT2D eigenvalue weighted by molar-refractivity contribution is -0.148. The number of rotatable bonds is 5. The number of nitrogens with zero attached hydrogens (tertiary/aromatic N) is 2. The molecule has 56 heavy (non-hydrogen) atoms. The third-order valence-electron chi connectivity index (χ3n) is 10.4. The molecule has 0 aliphatic carbocycles. The standard InChI is InChI=1S/C35H53N7O14/c1-13-9-20-30(51)39-24(28(49)27(48)17-5-7-18(45)8-6-17)32(53)38-23(16(4)44)35(56)42-12-14(2)26(47)25(42)33(54)40-31(52)21(46)10-19(36)29(50)37-22(15(3)43)34(55)41(20)11-13/h5-8,13-16,19-28,31,43-49,52H,9-12,36H2,1-4H3,(H,37,50)(H,38,53)(H,39,51)(H,40,54)/t13-,14+,15?,16?,19?,20+,21-,22+,23+,24+,25+,26+,27+,28+,31-/m1/s1. The first-order valence-corrected chi connectivity index (χ1v) is 18.3. The highest BCUT2D eigenvalue weighted by atomic mass is 16.3. The third kappa shape index (κ3) is 9.72. The fourth-order valence-corrected chi connectivity index (χ4v) is 7.16. The Morgan fingerprint density at radius 2 is 1.23 bits per heavy atom. The Morgan fingerprint density at radius 3 is 1.80 bits per heavy atom. The lowest BCUT2D eigenvalue weighted by Crippen LogP contribution is -2.64. The van der Waals surface area contributed by atoms with Gasteiger partial charge in [0.2, 0.25) is 35.4 Å². The van der Waals surface area contributed by atoms with Crippen molar-refractivity contribution in [1.29, 1.82) is 0 Å². The van der Waals surface area contributed by atoms with Crippen LogP contribution in [-0.4, -0.2) is 172 Å². The number of nitrogens with one attached hydrogen (secondary N) is 4. The lowest BCUT2D eigenvalue weighted by Gasteiger charge is -2.34. The first kappa shape index (κ1) is 44.2. The second-order valence-electron chi connectivity index (χ2n) is 15.1. The topological polar surface area (TPSA) is 345 Å². The summed E-state index contributed by atoms with van der Waals surface area (Å²) in [4.78, 5) is 84.5. The number of carbonyl (C=O) groups excluding carboxylic acids is 6. The van der Waals surface area contributed by atoms with Crippen LogP contribution in [0.15, 0.2) is 24.3 Å². The van der Waals surface area contributed by atoms with Gasteiger partial charge in [0.15, 0.2) is 6.23 Å². The van der Waals surface area contributed by atoms with Gasteiger partial charge in [-0.25, -0.2) is 0 Å². The van der Waals surface area contributed by atoms with Crippen molar-refractivity contribution in [3.05, 3.63) is 29.8 Å². The van der Waals surface area contributed by atoms with Crippen LogP contribution in [-0.2, 0) is 28.8 Å². The molecule has 1 aromatic carbocycles. The number of carbonyl (C=O) groups is 6. The van der Waals surface area contributed by atoms with E-state index in [1.807, 2.05) is 0 Å². The molecule has 21 nitrogen and oxygen atoms in total. The maximum atomic E-state index is 14.1. The highest BCUT2D eigenvalue weighted by molar-refractivity contribution is 5.98. The van der Waals surface area contributed by atoms with E-state index >= 15 is 0 Å². The number of benzene rings is 1. The summed E-state index contributed by atoms with van der Waals surface area (Å²) in [6.45, 7) is 5.13. The van der Waals surface area contributed by atoms with Gasteiger partial charge in [-0.3, -0.25) is 28.8 Å². The van der Waals surface area contributed by atoms with E-state index in [9.17, 15) is 69.6 Å². The molecule has 4 rings (SSSR count). The van der Waals surface area contributed by atoms with Gasteiger partial charge in [-0.05, 0) is 43.9 Å². The van der Waals surface area contributed by atoms with Gasteiger partial charge >= 0.3 is 0 Å². The van der Waals surface area contributed by atoms with Crippen molar-refractivity contribution in [3.63, 3.8) is 0 Å². The van der Waals surface area contributed by atoms with Crippen LogP contribution in [0.3, 0.4) is 0 Å². The fourth-order valence-electron chi connectivity index (χ4n) is 7.16. The summed E-state index contributed by atoms with van der Waals surface area (Å²) in [6.07, 6.45) is -13.6. The Bertz CT molecular complexity index is 1610. The molecule has 21 heteroatoms. The molecule has 3 aliphatic heterocycles. The fraction of sp³-hybridized carbons (Fsp3) is 0.657. The van der Waals surface area contributed by atoms with Crippen molar-refractivity contribution in [3.8, 4) is 5.75 Å². The van der Waals surface area contributed by atoms with Crippen LogP contribution in [0.1, 0.15) is 52.2 Å². The van der Waals surface area contributed by atoms with E-state index in [0.717, 1.165) is 16.7 Å². The predicted octanol–water partition coefficient (Wildman–Crippen LogP) is -6.03. The molecule has 0 radical (unpaired) electrons. The van der Waals surface area contributed by atoms with Gasteiger partial charge in [-0.15, -0.1) is 0 Å². The zero-order valence-corrected chi connectivity index (χ0v) is 31.3. The molecule has 3 fully saturated rings. The number of fused-ring (bicyclic) bond motifs is 2. The zero-order valence-electron chi connectivity index (χ0n) is 31.3. The molecule has 6 amide bonds. The van der Waals surface area contributed by atoms with Crippen LogP contribution < -0.4 is 27.0 Å². The van der Waals surface area contributed by atoms with Crippen molar-refractivity contribution in [2.75, 3.05) is 13.1 Å². The Hall–Kier alpha value is -4.48. The molecule has 0 saturated carbocycles. The smallest absolute Gasteiger partial charge is 0.248 e. The van der Waals surface area contributed by atoms with Crippen molar-refractivity contribution in [1.82, 2.24) is 31.1 Å². The number of aliphatic hydroxyl groups excluding tert-OH is 7. The van der Waals surface area contributed by atoms with Crippen LogP contribution >= 0.6 is 0 Å². The highest BCUT2D eigenvalue weighted by Gasteiger charge is 2.50. The van der Waals surface area contributed by atoms with Crippen molar-refractivity contribution >= 4 is 35.4 Å². The van der Waals surface area contributed by atoms with E-state index in [-0.39, 0.29) is 36.7 Å². The summed E-state index contributed by atoms with van der Waals surface area (Å²) in [5.74, 6) is -7.92. The number of amides is 6. The molecule has 3 unspecified atom stereocenters. The van der Waals surface area contributed by atoms with Crippen molar-refractivity contribution in [2.45, 2.75) is 120 Å². The normalized spacial score (nSPS) is 35.2. The molecule has 14 N–H and O–H groups in total. The quantitative estimate of drug-likeness (QED) is 0.132. The van der Waals surface area contributed by atoms with Gasteiger partial charge in [0.1, 0.15) is 54.3 Å². The van der Waals surface area contributed by atoms with Crippen molar-refractivity contribution < 1.29 is 69.6 Å². The summed E-state index contributed by atoms with van der Waals surface area (Å²) in [7, 11) is 0. The average Bonchev–Trinajstić information content (AvgIpc) is 3.68. The van der Waals surface area contributed by atoms with Crippen LogP contribution in [0.5, 0.6) is 5.75 Å². The first-order valence-electron chi connectivity index (χ1n) is 18.3. The maximum absolute atomic E-state index is 14.1. The van der Waals surface area contributed by atoms with Gasteiger partial charge in [0.05, 0.1) is 24.4 Å². The second-order valence-corrected chi connectivity index (χ2v) is 15.1. The molecular weight excluding hydrogens is 742 g/mol. The van der Waals surface area contributed by atoms with E-state index < -0.39 is 127 Å². The molecule has 0 aromatic heterocycles. The highest BCUT2D eigenvalue weighted by Crippen LogP contribution is 2.28. The molecule has 1 aromatic rings. The van der Waals surface area contributed by atoms with Gasteiger partial charge in [0.25, 0.3) is 0 Å². The molecular formula is C35H53N7O14. The van der Waals surface area contributed by atoms with E-state index in [2.05, 4.69) is 21.3 Å². The number of nitrogens with two attached hydrogens (primary N) is 1.